The van der Waals surface area contributed by atoms with Gasteiger partial charge in [0.25, 0.3) is 0 Å². The second-order valence-electron chi connectivity index (χ2n) is 11.8. The molecule has 0 radical (unpaired) electrons. The number of aromatic nitrogens is 4. The number of aryl methyl sites for hydroxylation is 2. The molecule has 0 fully saturated rings. The normalized spacial score (nSPS) is 11.2. The fourth-order valence-corrected chi connectivity index (χ4v) is 6.42. The van der Waals surface area contributed by atoms with Crippen LogP contribution < -0.4 is 0 Å². The monoisotopic (exact) mass is 603 g/mol. The van der Waals surface area contributed by atoms with E-state index in [1.54, 1.807) is 0 Å². The van der Waals surface area contributed by atoms with Crippen molar-refractivity contribution in [3.05, 3.63) is 162 Å². The van der Waals surface area contributed by atoms with Crippen LogP contribution in [0.3, 0.4) is 0 Å². The summed E-state index contributed by atoms with van der Waals surface area (Å²) in [4.78, 5) is 18.6. The molecule has 0 saturated carbocycles. The van der Waals surface area contributed by atoms with Crippen LogP contribution >= 0.6 is 0 Å². The molecule has 0 N–H and O–H groups in total. The van der Waals surface area contributed by atoms with E-state index in [0.717, 1.165) is 27.8 Å². The van der Waals surface area contributed by atoms with Gasteiger partial charge in [-0.1, -0.05) is 115 Å². The van der Waals surface area contributed by atoms with Gasteiger partial charge >= 0.3 is 0 Å². The molecule has 0 atom stereocenters. The van der Waals surface area contributed by atoms with Crippen molar-refractivity contribution >= 4 is 27.5 Å². The van der Waals surface area contributed by atoms with Crippen LogP contribution in [0.4, 0.5) is 5.69 Å². The Balaban J connectivity index is 1.34. The highest BCUT2D eigenvalue weighted by Crippen LogP contribution is 2.38. The van der Waals surface area contributed by atoms with Crippen molar-refractivity contribution in [3.8, 4) is 51.0 Å². The van der Waals surface area contributed by atoms with Crippen molar-refractivity contribution in [2.24, 2.45) is 0 Å². The highest BCUT2D eigenvalue weighted by Gasteiger charge is 2.18. The Morgan fingerprint density at radius 3 is 1.83 bits per heavy atom. The Labute approximate surface area is 273 Å². The van der Waals surface area contributed by atoms with Gasteiger partial charge in [0.05, 0.1) is 17.6 Å². The fraction of sp³-hybridized carbons (Fsp3) is 0.0476. The van der Waals surface area contributed by atoms with Crippen molar-refractivity contribution in [1.82, 2.24) is 19.5 Å². The highest BCUT2D eigenvalue weighted by molar-refractivity contribution is 6.10. The van der Waals surface area contributed by atoms with E-state index in [2.05, 4.69) is 83.9 Å². The zero-order chi connectivity index (χ0) is 31.9. The molecule has 0 aliphatic rings. The molecule has 5 heteroatoms. The quantitative estimate of drug-likeness (QED) is 0.184. The molecule has 0 aliphatic heterocycles. The molecule has 0 spiro atoms. The van der Waals surface area contributed by atoms with Gasteiger partial charge in [-0.15, -0.1) is 0 Å². The predicted molar refractivity (Wildman–Crippen MR) is 192 cm³/mol. The van der Waals surface area contributed by atoms with Crippen LogP contribution in [-0.4, -0.2) is 19.5 Å². The Morgan fingerprint density at radius 1 is 0.511 bits per heavy atom. The van der Waals surface area contributed by atoms with Crippen molar-refractivity contribution < 1.29 is 0 Å². The molecule has 2 heterocycles. The first-order valence-corrected chi connectivity index (χ1v) is 15.6. The second-order valence-corrected chi connectivity index (χ2v) is 11.8. The zero-order valence-electron chi connectivity index (χ0n) is 26.0. The maximum Gasteiger partial charge on any atom is 0.198 e. The standard InChI is InChI=1S/C42H29N5/c1-27-18-21-33(28(2)24-27)31-19-23-39-35(25-31)34-16-10-11-17-38(34)47(39)32-20-22-37(43-3)36(26-32)42-45-40(29-12-6-4-7-13-29)44-41(46-42)30-14-8-5-9-15-30/h4-26H,1-2H3. The molecule has 8 aromatic rings. The Bertz CT molecular complexity index is 2430. The van der Waals surface area contributed by atoms with E-state index in [-0.39, 0.29) is 0 Å². The second kappa shape index (κ2) is 11.5. The third kappa shape index (κ3) is 5.03. The lowest BCUT2D eigenvalue weighted by molar-refractivity contribution is 1.07. The summed E-state index contributed by atoms with van der Waals surface area (Å²) in [5.74, 6) is 1.58. The zero-order valence-corrected chi connectivity index (χ0v) is 26.0. The van der Waals surface area contributed by atoms with Gasteiger partial charge in [-0.2, -0.15) is 0 Å². The van der Waals surface area contributed by atoms with Crippen LogP contribution in [0, 0.1) is 20.4 Å². The summed E-state index contributed by atoms with van der Waals surface area (Å²) in [6.07, 6.45) is 0. The summed E-state index contributed by atoms with van der Waals surface area (Å²) in [5, 5.41) is 2.34. The summed E-state index contributed by atoms with van der Waals surface area (Å²) in [6.45, 7) is 12.4. The summed E-state index contributed by atoms with van der Waals surface area (Å²) in [5.41, 5.74) is 11.0. The van der Waals surface area contributed by atoms with Gasteiger partial charge in [-0.05, 0) is 60.9 Å². The number of fused-ring (bicyclic) bond motifs is 3. The molecule has 6 aromatic carbocycles. The van der Waals surface area contributed by atoms with Gasteiger partial charge < -0.3 is 4.57 Å². The van der Waals surface area contributed by atoms with E-state index in [1.807, 2.05) is 78.9 Å². The van der Waals surface area contributed by atoms with Gasteiger partial charge in [0.15, 0.2) is 23.2 Å². The minimum absolute atomic E-state index is 0.462. The first-order valence-electron chi connectivity index (χ1n) is 15.6. The molecule has 222 valence electrons. The van der Waals surface area contributed by atoms with Crippen molar-refractivity contribution in [2.45, 2.75) is 13.8 Å². The number of benzene rings is 6. The largest absolute Gasteiger partial charge is 0.309 e. The Kier molecular flexibility index (Phi) is 6.89. The average molecular weight is 604 g/mol. The minimum Gasteiger partial charge on any atom is -0.309 e. The van der Waals surface area contributed by atoms with E-state index in [0.29, 0.717) is 28.7 Å². The number of nitrogens with zero attached hydrogens (tertiary/aromatic N) is 5. The molecule has 0 unspecified atom stereocenters. The highest BCUT2D eigenvalue weighted by atomic mass is 15.0. The average Bonchev–Trinajstić information content (AvgIpc) is 3.45. The minimum atomic E-state index is 0.462. The van der Waals surface area contributed by atoms with Crippen molar-refractivity contribution in [3.63, 3.8) is 0 Å². The van der Waals surface area contributed by atoms with Crippen LogP contribution in [-0.2, 0) is 0 Å². The van der Waals surface area contributed by atoms with Crippen LogP contribution in [0.1, 0.15) is 11.1 Å². The smallest absolute Gasteiger partial charge is 0.198 e. The summed E-state index contributed by atoms with van der Waals surface area (Å²) < 4.78 is 2.27. The third-order valence-electron chi connectivity index (χ3n) is 8.66. The first kappa shape index (κ1) is 28.1. The van der Waals surface area contributed by atoms with Gasteiger partial charge in [-0.3, -0.25) is 0 Å². The van der Waals surface area contributed by atoms with Crippen LogP contribution in [0.25, 0.3) is 77.6 Å². The van der Waals surface area contributed by atoms with Crippen LogP contribution in [0.5, 0.6) is 0 Å². The molecular formula is C42H29N5. The van der Waals surface area contributed by atoms with E-state index in [9.17, 15) is 0 Å². The Hall–Kier alpha value is -6.38. The maximum absolute atomic E-state index is 8.06. The van der Waals surface area contributed by atoms with Gasteiger partial charge in [0.2, 0.25) is 0 Å². The van der Waals surface area contributed by atoms with E-state index >= 15 is 0 Å². The molecule has 2 aromatic heterocycles. The molecule has 5 nitrogen and oxygen atoms in total. The van der Waals surface area contributed by atoms with Crippen LogP contribution in [0.15, 0.2) is 140 Å². The van der Waals surface area contributed by atoms with Gasteiger partial charge in [0, 0.05) is 33.2 Å². The van der Waals surface area contributed by atoms with Gasteiger partial charge in [-0.25, -0.2) is 19.8 Å². The van der Waals surface area contributed by atoms with E-state index in [1.165, 1.54) is 33.0 Å². The molecule has 47 heavy (non-hydrogen) atoms. The Morgan fingerprint density at radius 2 is 1.15 bits per heavy atom. The number of hydrogen-bond acceptors (Lipinski definition) is 3. The lowest BCUT2D eigenvalue weighted by atomic mass is 9.97. The summed E-state index contributed by atoms with van der Waals surface area (Å²) in [6, 6.07) is 47.5. The molecule has 0 bridgehead atoms. The molecule has 8 rings (SSSR count). The first-order chi connectivity index (χ1) is 23.1. The lowest BCUT2D eigenvalue weighted by Gasteiger charge is -2.13. The summed E-state index contributed by atoms with van der Waals surface area (Å²) in [7, 11) is 0. The SMILES string of the molecule is [C-]#[N+]c1ccc(-n2c3ccccc3c3cc(-c4ccc(C)cc4C)ccc32)cc1-c1nc(-c2ccccc2)nc(-c2ccccc2)n1. The molecule has 0 aliphatic carbocycles. The topological polar surface area (TPSA) is 48.0 Å². The summed E-state index contributed by atoms with van der Waals surface area (Å²) >= 11 is 0. The lowest BCUT2D eigenvalue weighted by Crippen LogP contribution is -2.01. The maximum atomic E-state index is 8.06. The van der Waals surface area contributed by atoms with Gasteiger partial charge in [0.1, 0.15) is 0 Å². The van der Waals surface area contributed by atoms with Crippen LogP contribution in [0.2, 0.25) is 0 Å². The molecule has 0 amide bonds. The van der Waals surface area contributed by atoms with Crippen molar-refractivity contribution in [1.29, 1.82) is 0 Å². The van der Waals surface area contributed by atoms with Crippen molar-refractivity contribution in [2.75, 3.05) is 0 Å². The van der Waals surface area contributed by atoms with E-state index < -0.39 is 0 Å². The number of hydrogen-bond donors (Lipinski definition) is 0. The van der Waals surface area contributed by atoms with E-state index in [4.69, 9.17) is 21.5 Å². The number of rotatable bonds is 5. The third-order valence-corrected chi connectivity index (χ3v) is 8.66. The molecular weight excluding hydrogens is 574 g/mol. The number of para-hydroxylation sites is 1. The fourth-order valence-electron chi connectivity index (χ4n) is 6.42. The molecule has 0 saturated heterocycles. The predicted octanol–water partition coefficient (Wildman–Crippen LogP) is 10.8.